The summed E-state index contributed by atoms with van der Waals surface area (Å²) in [4.78, 5) is 16.0. The zero-order valence-corrected chi connectivity index (χ0v) is 17.7. The van der Waals surface area contributed by atoms with Crippen molar-refractivity contribution in [2.24, 2.45) is 0 Å². The molecule has 7 heteroatoms. The zero-order valence-electron chi connectivity index (χ0n) is 16.8. The number of nitrogens with one attached hydrogen (secondary N) is 2. The lowest BCUT2D eigenvalue weighted by atomic mass is 10.1. The standard InChI is InChI=1S/C21H29N3O3S/c1-4-17-10-9-11-18(14-17)23-21(25)19-15(2)20(16(3)22-19)28(26,27)24-12-7-5-6-8-13-24/h9-11,14,22H,4-8,12-13H2,1-3H3,(H,23,25). The first-order valence-corrected chi connectivity index (χ1v) is 11.4. The summed E-state index contributed by atoms with van der Waals surface area (Å²) >= 11 is 0. The predicted molar refractivity (Wildman–Crippen MR) is 111 cm³/mol. The summed E-state index contributed by atoms with van der Waals surface area (Å²) in [5, 5.41) is 2.88. The Balaban J connectivity index is 1.89. The Bertz CT molecular complexity index is 955. The van der Waals surface area contributed by atoms with Gasteiger partial charge in [0.15, 0.2) is 0 Å². The van der Waals surface area contributed by atoms with Crippen molar-refractivity contribution in [3.63, 3.8) is 0 Å². The number of benzene rings is 1. The van der Waals surface area contributed by atoms with E-state index >= 15 is 0 Å². The number of hydrogen-bond donors (Lipinski definition) is 2. The summed E-state index contributed by atoms with van der Waals surface area (Å²) in [5.41, 5.74) is 3.11. The molecular formula is C21H29N3O3S. The van der Waals surface area contributed by atoms with Gasteiger partial charge in [0, 0.05) is 24.5 Å². The SMILES string of the molecule is CCc1cccc(NC(=O)c2[nH]c(C)c(S(=O)(=O)N3CCCCCC3)c2C)c1. The van der Waals surface area contributed by atoms with E-state index < -0.39 is 10.0 Å². The number of aromatic amines is 1. The van der Waals surface area contributed by atoms with Gasteiger partial charge in [-0.25, -0.2) is 8.42 Å². The van der Waals surface area contributed by atoms with Gasteiger partial charge < -0.3 is 10.3 Å². The van der Waals surface area contributed by atoms with Crippen molar-refractivity contribution in [3.05, 3.63) is 46.8 Å². The minimum atomic E-state index is -3.62. The third-order valence-corrected chi connectivity index (χ3v) is 7.53. The number of H-pyrrole nitrogens is 1. The molecule has 6 nitrogen and oxygen atoms in total. The van der Waals surface area contributed by atoms with Crippen molar-refractivity contribution in [2.75, 3.05) is 18.4 Å². The largest absolute Gasteiger partial charge is 0.353 e. The van der Waals surface area contributed by atoms with E-state index in [-0.39, 0.29) is 10.8 Å². The Morgan fingerprint density at radius 2 is 1.82 bits per heavy atom. The molecule has 0 bridgehead atoms. The maximum Gasteiger partial charge on any atom is 0.272 e. The van der Waals surface area contributed by atoms with Crippen LogP contribution >= 0.6 is 0 Å². The third kappa shape index (κ3) is 4.15. The number of aryl methyl sites for hydroxylation is 2. The maximum atomic E-state index is 13.2. The van der Waals surface area contributed by atoms with Gasteiger partial charge in [0.25, 0.3) is 5.91 Å². The van der Waals surface area contributed by atoms with Crippen molar-refractivity contribution in [3.8, 4) is 0 Å². The quantitative estimate of drug-likeness (QED) is 0.791. The molecule has 0 spiro atoms. The molecule has 2 heterocycles. The van der Waals surface area contributed by atoms with E-state index in [9.17, 15) is 13.2 Å². The number of anilines is 1. The zero-order chi connectivity index (χ0) is 20.3. The van der Waals surface area contributed by atoms with Gasteiger partial charge in [-0.3, -0.25) is 4.79 Å². The van der Waals surface area contributed by atoms with Crippen LogP contribution in [-0.4, -0.2) is 36.7 Å². The highest BCUT2D eigenvalue weighted by Gasteiger charge is 2.32. The molecule has 0 aliphatic carbocycles. The summed E-state index contributed by atoms with van der Waals surface area (Å²) in [5.74, 6) is -0.328. The normalized spacial score (nSPS) is 16.0. The summed E-state index contributed by atoms with van der Waals surface area (Å²) < 4.78 is 28.0. The maximum absolute atomic E-state index is 13.2. The molecule has 3 rings (SSSR count). The van der Waals surface area contributed by atoms with Crippen LogP contribution in [0.4, 0.5) is 5.69 Å². The molecule has 1 saturated heterocycles. The molecule has 0 saturated carbocycles. The highest BCUT2D eigenvalue weighted by molar-refractivity contribution is 7.89. The second-order valence-electron chi connectivity index (χ2n) is 7.41. The molecule has 2 aromatic rings. The van der Waals surface area contributed by atoms with Crippen LogP contribution in [0, 0.1) is 13.8 Å². The van der Waals surface area contributed by atoms with Crippen LogP contribution in [-0.2, 0) is 16.4 Å². The van der Waals surface area contributed by atoms with Gasteiger partial charge in [0.05, 0.1) is 0 Å². The number of amides is 1. The Morgan fingerprint density at radius 1 is 1.14 bits per heavy atom. The molecule has 1 aromatic heterocycles. The average molecular weight is 404 g/mol. The molecule has 1 aliphatic heterocycles. The lowest BCUT2D eigenvalue weighted by molar-refractivity contribution is 0.102. The molecule has 28 heavy (non-hydrogen) atoms. The minimum absolute atomic E-state index is 0.238. The van der Waals surface area contributed by atoms with E-state index in [0.717, 1.165) is 37.7 Å². The topological polar surface area (TPSA) is 82.3 Å². The minimum Gasteiger partial charge on any atom is -0.353 e. The van der Waals surface area contributed by atoms with Crippen LogP contribution in [0.15, 0.2) is 29.2 Å². The van der Waals surface area contributed by atoms with Crippen LogP contribution in [0.5, 0.6) is 0 Å². The number of carbonyl (C=O) groups is 1. The summed E-state index contributed by atoms with van der Waals surface area (Å²) in [6.45, 7) is 6.55. The van der Waals surface area contributed by atoms with E-state index in [0.29, 0.717) is 35.7 Å². The fourth-order valence-corrected chi connectivity index (χ4v) is 5.74. The summed E-state index contributed by atoms with van der Waals surface area (Å²) in [6.07, 6.45) is 4.75. The van der Waals surface area contributed by atoms with Crippen LogP contribution in [0.1, 0.15) is 59.9 Å². The van der Waals surface area contributed by atoms with E-state index in [2.05, 4.69) is 17.2 Å². The van der Waals surface area contributed by atoms with Crippen molar-refractivity contribution >= 4 is 21.6 Å². The fourth-order valence-electron chi connectivity index (χ4n) is 3.82. The van der Waals surface area contributed by atoms with Crippen molar-refractivity contribution in [1.29, 1.82) is 0 Å². The lowest BCUT2D eigenvalue weighted by Crippen LogP contribution is -2.32. The van der Waals surface area contributed by atoms with Crippen LogP contribution in [0.3, 0.4) is 0 Å². The Kier molecular flexibility index (Phi) is 6.25. The first-order chi connectivity index (χ1) is 13.3. The Morgan fingerprint density at radius 3 is 2.46 bits per heavy atom. The number of hydrogen-bond acceptors (Lipinski definition) is 3. The number of sulfonamides is 1. The van der Waals surface area contributed by atoms with Crippen molar-refractivity contribution in [2.45, 2.75) is 57.8 Å². The van der Waals surface area contributed by atoms with Gasteiger partial charge in [-0.05, 0) is 56.4 Å². The molecule has 1 aromatic carbocycles. The summed E-state index contributed by atoms with van der Waals surface area (Å²) in [7, 11) is -3.62. The number of rotatable bonds is 5. The van der Waals surface area contributed by atoms with Gasteiger partial charge in [-0.2, -0.15) is 4.31 Å². The molecule has 0 radical (unpaired) electrons. The molecule has 2 N–H and O–H groups in total. The molecule has 152 valence electrons. The molecule has 1 fully saturated rings. The van der Waals surface area contributed by atoms with Crippen LogP contribution in [0.25, 0.3) is 0 Å². The van der Waals surface area contributed by atoms with E-state index in [1.807, 2.05) is 24.3 Å². The van der Waals surface area contributed by atoms with Gasteiger partial charge in [-0.15, -0.1) is 0 Å². The molecule has 1 amide bonds. The Labute approximate surface area is 167 Å². The number of nitrogens with zero attached hydrogens (tertiary/aromatic N) is 1. The van der Waals surface area contributed by atoms with Gasteiger partial charge in [0.2, 0.25) is 10.0 Å². The number of aromatic nitrogens is 1. The van der Waals surface area contributed by atoms with E-state index in [4.69, 9.17) is 0 Å². The van der Waals surface area contributed by atoms with E-state index in [1.54, 1.807) is 18.2 Å². The smallest absolute Gasteiger partial charge is 0.272 e. The third-order valence-electron chi connectivity index (χ3n) is 5.35. The summed E-state index contributed by atoms with van der Waals surface area (Å²) in [6, 6.07) is 7.66. The Hall–Kier alpha value is -2.12. The van der Waals surface area contributed by atoms with Crippen molar-refractivity contribution in [1.82, 2.24) is 9.29 Å². The van der Waals surface area contributed by atoms with Crippen molar-refractivity contribution < 1.29 is 13.2 Å². The monoisotopic (exact) mass is 403 g/mol. The van der Waals surface area contributed by atoms with Gasteiger partial charge in [-0.1, -0.05) is 31.9 Å². The van der Waals surface area contributed by atoms with Crippen LogP contribution in [0.2, 0.25) is 0 Å². The van der Waals surface area contributed by atoms with Crippen LogP contribution < -0.4 is 5.32 Å². The highest BCUT2D eigenvalue weighted by atomic mass is 32.2. The number of carbonyl (C=O) groups excluding carboxylic acids is 1. The fraction of sp³-hybridized carbons (Fsp3) is 0.476. The molecular weight excluding hydrogens is 374 g/mol. The first kappa shape index (κ1) is 20.6. The first-order valence-electron chi connectivity index (χ1n) is 9.94. The van der Waals surface area contributed by atoms with E-state index in [1.165, 1.54) is 0 Å². The van der Waals surface area contributed by atoms with Gasteiger partial charge in [0.1, 0.15) is 10.6 Å². The highest BCUT2D eigenvalue weighted by Crippen LogP contribution is 2.28. The molecule has 1 aliphatic rings. The molecule has 0 unspecified atom stereocenters. The predicted octanol–water partition coefficient (Wildman–Crippen LogP) is 4.01. The second kappa shape index (κ2) is 8.49. The molecule has 0 atom stereocenters. The second-order valence-corrected chi connectivity index (χ2v) is 9.28. The lowest BCUT2D eigenvalue weighted by Gasteiger charge is -2.20. The van der Waals surface area contributed by atoms with Gasteiger partial charge >= 0.3 is 0 Å². The average Bonchev–Trinajstić information content (AvgIpc) is 2.84.